The average Bonchev–Trinajstić information content (AvgIpc) is 2.57. The van der Waals surface area contributed by atoms with E-state index in [-0.39, 0.29) is 17.9 Å². The van der Waals surface area contributed by atoms with E-state index in [1.54, 1.807) is 24.3 Å². The summed E-state index contributed by atoms with van der Waals surface area (Å²) < 4.78 is 13.0. The zero-order valence-electron chi connectivity index (χ0n) is 13.5. The van der Waals surface area contributed by atoms with E-state index in [9.17, 15) is 14.0 Å². The van der Waals surface area contributed by atoms with E-state index < -0.39 is 24.2 Å². The summed E-state index contributed by atoms with van der Waals surface area (Å²) in [5.74, 6) is -1.58. The maximum atomic E-state index is 13.0. The number of oxime groups is 1. The number of hydrogen-bond acceptors (Lipinski definition) is 4. The van der Waals surface area contributed by atoms with Gasteiger partial charge >= 0.3 is 0 Å². The van der Waals surface area contributed by atoms with E-state index in [1.807, 2.05) is 0 Å². The van der Waals surface area contributed by atoms with Gasteiger partial charge in [0.2, 0.25) is 5.91 Å². The zero-order valence-corrected chi connectivity index (χ0v) is 14.3. The molecule has 9 heteroatoms. The number of benzene rings is 2. The highest BCUT2D eigenvalue weighted by molar-refractivity contribution is 6.33. The highest BCUT2D eigenvalue weighted by Crippen LogP contribution is 2.20. The molecule has 0 spiro atoms. The van der Waals surface area contributed by atoms with Crippen LogP contribution in [0.5, 0.6) is 0 Å². The first-order valence-corrected chi connectivity index (χ1v) is 7.86. The Morgan fingerprint density at radius 2 is 1.88 bits per heavy atom. The maximum absolute atomic E-state index is 13.0. The molecule has 0 aliphatic heterocycles. The molecule has 2 amide bonds. The third-order valence-electron chi connectivity index (χ3n) is 2.98. The Balaban J connectivity index is 1.76. The van der Waals surface area contributed by atoms with Gasteiger partial charge in [0.25, 0.3) is 5.91 Å². The molecule has 2 rings (SSSR count). The van der Waals surface area contributed by atoms with Gasteiger partial charge in [-0.25, -0.2) is 4.39 Å². The summed E-state index contributed by atoms with van der Waals surface area (Å²) in [5, 5.41) is 8.89. The minimum absolute atomic E-state index is 0.117. The van der Waals surface area contributed by atoms with Crippen LogP contribution >= 0.6 is 11.6 Å². The largest absolute Gasteiger partial charge is 0.384 e. The van der Waals surface area contributed by atoms with Gasteiger partial charge in [0, 0.05) is 5.69 Å². The molecule has 0 aliphatic rings. The third-order valence-corrected chi connectivity index (χ3v) is 3.31. The molecule has 0 heterocycles. The van der Waals surface area contributed by atoms with Crippen LogP contribution in [0.2, 0.25) is 5.02 Å². The monoisotopic (exact) mass is 378 g/mol. The van der Waals surface area contributed by atoms with E-state index in [0.717, 1.165) is 6.07 Å². The molecule has 0 unspecified atom stereocenters. The maximum Gasteiger partial charge on any atom is 0.265 e. The van der Waals surface area contributed by atoms with Crippen LogP contribution < -0.4 is 16.4 Å². The molecule has 0 bridgehead atoms. The van der Waals surface area contributed by atoms with Crippen molar-refractivity contribution in [2.24, 2.45) is 10.9 Å². The number of carbonyl (C=O) groups excluding carboxylic acids is 2. The Hall–Kier alpha value is -3.13. The molecule has 0 saturated heterocycles. The van der Waals surface area contributed by atoms with Gasteiger partial charge in [0.1, 0.15) is 11.7 Å². The van der Waals surface area contributed by atoms with Gasteiger partial charge in [-0.2, -0.15) is 0 Å². The van der Waals surface area contributed by atoms with Gasteiger partial charge < -0.3 is 21.2 Å². The highest BCUT2D eigenvalue weighted by Gasteiger charge is 2.09. The van der Waals surface area contributed by atoms with Gasteiger partial charge in [-0.15, -0.1) is 0 Å². The number of hydrogen-bond donors (Lipinski definition) is 3. The van der Waals surface area contributed by atoms with Crippen LogP contribution in [0.25, 0.3) is 0 Å². The molecule has 0 radical (unpaired) electrons. The molecule has 136 valence electrons. The van der Waals surface area contributed by atoms with Crippen molar-refractivity contribution < 1.29 is 18.8 Å². The van der Waals surface area contributed by atoms with Crippen LogP contribution in [-0.2, 0) is 14.4 Å². The molecule has 0 saturated carbocycles. The summed E-state index contributed by atoms with van der Waals surface area (Å²) >= 11 is 5.93. The minimum atomic E-state index is -0.548. The highest BCUT2D eigenvalue weighted by atomic mass is 35.5. The average molecular weight is 379 g/mol. The number of anilines is 2. The van der Waals surface area contributed by atoms with Crippen LogP contribution in [0.3, 0.4) is 0 Å². The zero-order chi connectivity index (χ0) is 18.9. The molecule has 0 aliphatic carbocycles. The van der Waals surface area contributed by atoms with Crippen molar-refractivity contribution in [3.8, 4) is 0 Å². The molecule has 0 atom stereocenters. The predicted molar refractivity (Wildman–Crippen MR) is 97.3 cm³/mol. The van der Waals surface area contributed by atoms with Crippen molar-refractivity contribution in [3.63, 3.8) is 0 Å². The van der Waals surface area contributed by atoms with Crippen molar-refractivity contribution in [2.75, 3.05) is 17.2 Å². The summed E-state index contributed by atoms with van der Waals surface area (Å²) in [4.78, 5) is 28.3. The number of amides is 2. The van der Waals surface area contributed by atoms with Crippen molar-refractivity contribution >= 4 is 40.6 Å². The Morgan fingerprint density at radius 1 is 1.12 bits per heavy atom. The van der Waals surface area contributed by atoms with Gasteiger partial charge in [-0.3, -0.25) is 9.59 Å². The molecular formula is C17H16ClFN4O3. The van der Waals surface area contributed by atoms with Gasteiger partial charge in [0.05, 0.1) is 17.1 Å². The fourth-order valence-electron chi connectivity index (χ4n) is 1.89. The van der Waals surface area contributed by atoms with E-state index in [0.29, 0.717) is 10.7 Å². The number of carbonyl (C=O) groups is 2. The number of nitrogens with one attached hydrogen (secondary N) is 2. The molecule has 0 aromatic heterocycles. The molecule has 4 N–H and O–H groups in total. The summed E-state index contributed by atoms with van der Waals surface area (Å²) in [6.07, 6.45) is -0.239. The van der Waals surface area contributed by atoms with Crippen LogP contribution in [0, 0.1) is 5.82 Å². The van der Waals surface area contributed by atoms with Gasteiger partial charge in [-0.1, -0.05) is 35.0 Å². The first-order valence-electron chi connectivity index (χ1n) is 7.48. The molecule has 7 nitrogen and oxygen atoms in total. The van der Waals surface area contributed by atoms with Crippen LogP contribution in [-0.4, -0.2) is 24.3 Å². The van der Waals surface area contributed by atoms with Gasteiger partial charge in [0.15, 0.2) is 6.61 Å². The number of nitrogens with zero attached hydrogens (tertiary/aromatic N) is 1. The Labute approximate surface area is 154 Å². The number of halogens is 2. The molecule has 0 fully saturated rings. The van der Waals surface area contributed by atoms with Crippen LogP contribution in [0.4, 0.5) is 15.8 Å². The lowest BCUT2D eigenvalue weighted by atomic mass is 10.3. The Morgan fingerprint density at radius 3 is 2.62 bits per heavy atom. The number of para-hydroxylation sites is 1. The van der Waals surface area contributed by atoms with E-state index in [1.165, 1.54) is 18.2 Å². The van der Waals surface area contributed by atoms with E-state index >= 15 is 0 Å². The van der Waals surface area contributed by atoms with E-state index in [4.69, 9.17) is 22.2 Å². The van der Waals surface area contributed by atoms with Gasteiger partial charge in [-0.05, 0) is 30.3 Å². The van der Waals surface area contributed by atoms with Crippen molar-refractivity contribution in [1.29, 1.82) is 0 Å². The minimum Gasteiger partial charge on any atom is -0.384 e. The second-order valence-corrected chi connectivity index (χ2v) is 5.53. The fraction of sp³-hybridized carbons (Fsp3) is 0.118. The number of rotatable bonds is 7. The predicted octanol–water partition coefficient (Wildman–Crippen LogP) is 2.74. The molecular weight excluding hydrogens is 363 g/mol. The topological polar surface area (TPSA) is 106 Å². The lowest BCUT2D eigenvalue weighted by molar-refractivity contribution is -0.120. The lowest BCUT2D eigenvalue weighted by Crippen LogP contribution is -2.23. The summed E-state index contributed by atoms with van der Waals surface area (Å²) in [6, 6.07) is 12.1. The van der Waals surface area contributed by atoms with Crippen molar-refractivity contribution in [1.82, 2.24) is 0 Å². The van der Waals surface area contributed by atoms with Crippen LogP contribution in [0.15, 0.2) is 53.7 Å². The third kappa shape index (κ3) is 6.40. The Bertz CT molecular complexity index is 829. The number of nitrogens with two attached hydrogens (primary N) is 1. The quantitative estimate of drug-likeness (QED) is 0.391. The van der Waals surface area contributed by atoms with E-state index in [2.05, 4.69) is 15.8 Å². The summed E-state index contributed by atoms with van der Waals surface area (Å²) in [6.45, 7) is -0.441. The Kier molecular flexibility index (Phi) is 6.92. The second kappa shape index (κ2) is 9.38. The molecule has 26 heavy (non-hydrogen) atoms. The summed E-state index contributed by atoms with van der Waals surface area (Å²) in [5.41, 5.74) is 6.31. The molecule has 2 aromatic carbocycles. The SMILES string of the molecule is NC(CC(=O)Nc1ccccc1Cl)=NOCC(=O)Nc1cccc(F)c1. The van der Waals surface area contributed by atoms with Crippen molar-refractivity contribution in [2.45, 2.75) is 6.42 Å². The van der Waals surface area contributed by atoms with Crippen molar-refractivity contribution in [3.05, 3.63) is 59.4 Å². The standard InChI is InChI=1S/C17H16ClFN4O3/c18-13-6-1-2-7-14(13)22-16(24)9-15(20)23-26-10-17(25)21-12-5-3-4-11(19)8-12/h1-8H,9-10H2,(H2,20,23)(H,21,25)(H,22,24). The lowest BCUT2D eigenvalue weighted by Gasteiger charge is -2.07. The smallest absolute Gasteiger partial charge is 0.265 e. The molecule has 2 aromatic rings. The first kappa shape index (κ1) is 19.2. The summed E-state index contributed by atoms with van der Waals surface area (Å²) in [7, 11) is 0. The number of amidine groups is 1. The second-order valence-electron chi connectivity index (χ2n) is 5.12. The normalized spacial score (nSPS) is 10.9. The first-order chi connectivity index (χ1) is 12.4. The van der Waals surface area contributed by atoms with Crippen LogP contribution in [0.1, 0.15) is 6.42 Å². The fourth-order valence-corrected chi connectivity index (χ4v) is 2.07.